The third-order valence-electron chi connectivity index (χ3n) is 6.11. The molecular weight excluding hydrogens is 196 g/mol. The summed E-state index contributed by atoms with van der Waals surface area (Å²) in [6.07, 6.45) is 4.66. The van der Waals surface area contributed by atoms with Gasteiger partial charge in [0.15, 0.2) is 0 Å². The molecule has 0 saturated heterocycles. The summed E-state index contributed by atoms with van der Waals surface area (Å²) in [5, 5.41) is 10.4. The van der Waals surface area contributed by atoms with Gasteiger partial charge in [0.05, 0.1) is 6.10 Å². The number of hydrogen-bond donors (Lipinski definition) is 1. The lowest BCUT2D eigenvalue weighted by Crippen LogP contribution is -2.47. The van der Waals surface area contributed by atoms with E-state index in [1.807, 2.05) is 0 Å². The van der Waals surface area contributed by atoms with E-state index in [0.29, 0.717) is 0 Å². The average molecular weight is 220 g/mol. The van der Waals surface area contributed by atoms with E-state index in [2.05, 4.69) is 33.8 Å². The topological polar surface area (TPSA) is 20.2 Å². The zero-order valence-corrected chi connectivity index (χ0v) is 10.9. The molecule has 0 aliphatic heterocycles. The minimum Gasteiger partial charge on any atom is -0.393 e. The number of aliphatic hydroxyl groups excluding tert-OH is 1. The fourth-order valence-corrected chi connectivity index (χ4v) is 5.10. The molecule has 3 rings (SSSR count). The first-order chi connectivity index (χ1) is 7.44. The van der Waals surface area contributed by atoms with E-state index in [1.165, 1.54) is 6.42 Å². The van der Waals surface area contributed by atoms with Gasteiger partial charge in [-0.3, -0.25) is 0 Å². The Labute approximate surface area is 98.9 Å². The number of hydrogen-bond acceptors (Lipinski definition) is 1. The van der Waals surface area contributed by atoms with Crippen LogP contribution in [0, 0.1) is 35.0 Å². The van der Waals surface area contributed by atoms with Gasteiger partial charge in [0, 0.05) is 0 Å². The normalized spacial score (nSPS) is 53.7. The van der Waals surface area contributed by atoms with Crippen molar-refractivity contribution in [2.24, 2.45) is 35.0 Å². The van der Waals surface area contributed by atoms with E-state index >= 15 is 0 Å². The van der Waals surface area contributed by atoms with Gasteiger partial charge in [0.2, 0.25) is 0 Å². The molecule has 90 valence electrons. The van der Waals surface area contributed by atoms with Crippen LogP contribution in [0.3, 0.4) is 0 Å². The van der Waals surface area contributed by atoms with E-state index in [-0.39, 0.29) is 11.5 Å². The van der Waals surface area contributed by atoms with Gasteiger partial charge < -0.3 is 5.11 Å². The van der Waals surface area contributed by atoms with Crippen molar-refractivity contribution in [2.45, 2.75) is 46.6 Å². The molecule has 0 aromatic rings. The summed E-state index contributed by atoms with van der Waals surface area (Å²) in [5.74, 6) is 3.87. The van der Waals surface area contributed by atoms with Gasteiger partial charge in [0.1, 0.15) is 0 Å². The summed E-state index contributed by atoms with van der Waals surface area (Å²) in [6, 6.07) is 0. The van der Waals surface area contributed by atoms with E-state index < -0.39 is 0 Å². The molecule has 1 N–H and O–H groups in total. The third-order valence-corrected chi connectivity index (χ3v) is 6.11. The first kappa shape index (κ1) is 10.8. The van der Waals surface area contributed by atoms with E-state index in [4.69, 9.17) is 0 Å². The predicted octanol–water partition coefficient (Wildman–Crippen LogP) is 3.24. The highest BCUT2D eigenvalue weighted by Crippen LogP contribution is 2.64. The van der Waals surface area contributed by atoms with Crippen molar-refractivity contribution >= 4 is 0 Å². The summed E-state index contributed by atoms with van der Waals surface area (Å²) >= 11 is 0. The van der Waals surface area contributed by atoms with E-state index in [9.17, 15) is 5.11 Å². The fraction of sp³-hybridized carbons (Fsp3) is 0.867. The molecule has 0 heterocycles. The highest BCUT2D eigenvalue weighted by molar-refractivity contribution is 5.23. The monoisotopic (exact) mass is 220 g/mol. The van der Waals surface area contributed by atoms with Crippen molar-refractivity contribution in [3.8, 4) is 0 Å². The van der Waals surface area contributed by atoms with Gasteiger partial charge in [-0.05, 0) is 54.8 Å². The maximum Gasteiger partial charge on any atom is 0.0597 e. The van der Waals surface area contributed by atoms with Crippen LogP contribution in [-0.2, 0) is 0 Å². The lowest BCUT2D eigenvalue weighted by Gasteiger charge is -2.49. The van der Waals surface area contributed by atoms with E-state index in [1.54, 1.807) is 5.57 Å². The minimum absolute atomic E-state index is 0.0860. The van der Waals surface area contributed by atoms with Crippen molar-refractivity contribution in [1.29, 1.82) is 0 Å². The van der Waals surface area contributed by atoms with Crippen molar-refractivity contribution in [3.05, 3.63) is 11.6 Å². The van der Waals surface area contributed by atoms with Gasteiger partial charge in [-0.15, -0.1) is 0 Å². The fourth-order valence-electron chi connectivity index (χ4n) is 5.10. The molecule has 0 unspecified atom stereocenters. The third kappa shape index (κ3) is 1.11. The smallest absolute Gasteiger partial charge is 0.0597 e. The van der Waals surface area contributed by atoms with Gasteiger partial charge in [-0.1, -0.05) is 32.4 Å². The molecule has 16 heavy (non-hydrogen) atoms. The summed E-state index contributed by atoms with van der Waals surface area (Å²) in [4.78, 5) is 0. The van der Waals surface area contributed by atoms with Crippen LogP contribution in [-0.4, -0.2) is 11.2 Å². The van der Waals surface area contributed by atoms with Crippen LogP contribution in [0.15, 0.2) is 11.6 Å². The number of aliphatic hydroxyl groups is 1. The molecule has 0 aromatic heterocycles. The van der Waals surface area contributed by atoms with Crippen LogP contribution in [0.25, 0.3) is 0 Å². The Balaban J connectivity index is 2.08. The molecule has 2 fully saturated rings. The molecule has 4 bridgehead atoms. The molecule has 1 heteroatoms. The van der Waals surface area contributed by atoms with Crippen molar-refractivity contribution in [2.75, 3.05) is 0 Å². The van der Waals surface area contributed by atoms with Crippen molar-refractivity contribution in [1.82, 2.24) is 0 Å². The predicted molar refractivity (Wildman–Crippen MR) is 65.9 cm³/mol. The molecule has 0 aromatic carbocycles. The Morgan fingerprint density at radius 3 is 2.69 bits per heavy atom. The Morgan fingerprint density at radius 2 is 2.00 bits per heavy atom. The van der Waals surface area contributed by atoms with Gasteiger partial charge in [0.25, 0.3) is 0 Å². The number of rotatable bonds is 0. The largest absolute Gasteiger partial charge is 0.393 e. The molecule has 0 spiro atoms. The molecule has 1 nitrogen and oxygen atoms in total. The second-order valence-corrected chi connectivity index (χ2v) is 7.00. The van der Waals surface area contributed by atoms with Crippen LogP contribution in [0.4, 0.5) is 0 Å². The molecule has 0 radical (unpaired) electrons. The quantitative estimate of drug-likeness (QED) is 0.621. The van der Waals surface area contributed by atoms with Crippen LogP contribution in [0.5, 0.6) is 0 Å². The van der Waals surface area contributed by atoms with Crippen LogP contribution >= 0.6 is 0 Å². The maximum absolute atomic E-state index is 10.4. The molecular formula is C15H24O. The lowest BCUT2D eigenvalue weighted by atomic mass is 9.57. The number of allylic oxidation sites excluding steroid dienone is 2. The Bertz CT molecular complexity index is 341. The summed E-state index contributed by atoms with van der Waals surface area (Å²) in [6.45, 7) is 9.31. The molecule has 2 saturated carbocycles. The SMILES string of the molecule is CC1=CC[C@H]2[C@@H](C)[C@H]3C[C@@H](O)C(C)(C)[C@H]2[C@H]13. The second kappa shape index (κ2) is 3.13. The van der Waals surface area contributed by atoms with E-state index in [0.717, 1.165) is 36.0 Å². The highest BCUT2D eigenvalue weighted by Gasteiger charge is 2.60. The standard InChI is InChI=1S/C15H24O/c1-8-5-6-10-9(2)11-7-12(16)15(3,4)14(10)13(8)11/h5,9-14,16H,6-7H2,1-4H3/t9-,10+,11-,12-,13-,14-/m1/s1. The Morgan fingerprint density at radius 1 is 1.31 bits per heavy atom. The van der Waals surface area contributed by atoms with Gasteiger partial charge in [-0.2, -0.15) is 0 Å². The van der Waals surface area contributed by atoms with Crippen LogP contribution in [0.1, 0.15) is 40.5 Å². The Hall–Kier alpha value is -0.300. The molecule has 3 aliphatic carbocycles. The minimum atomic E-state index is -0.0860. The van der Waals surface area contributed by atoms with Gasteiger partial charge >= 0.3 is 0 Å². The summed E-state index contributed by atoms with van der Waals surface area (Å²) in [5.41, 5.74) is 1.72. The Kier molecular flexibility index (Phi) is 2.12. The molecule has 6 atom stereocenters. The first-order valence-corrected chi connectivity index (χ1v) is 6.79. The van der Waals surface area contributed by atoms with Gasteiger partial charge in [-0.25, -0.2) is 0 Å². The second-order valence-electron chi connectivity index (χ2n) is 7.00. The first-order valence-electron chi connectivity index (χ1n) is 6.79. The van der Waals surface area contributed by atoms with Crippen LogP contribution in [0.2, 0.25) is 0 Å². The highest BCUT2D eigenvalue weighted by atomic mass is 16.3. The molecule has 3 aliphatic rings. The van der Waals surface area contributed by atoms with Crippen LogP contribution < -0.4 is 0 Å². The maximum atomic E-state index is 10.4. The summed E-state index contributed by atoms with van der Waals surface area (Å²) < 4.78 is 0. The molecule has 0 amide bonds. The zero-order chi connectivity index (χ0) is 11.7. The van der Waals surface area contributed by atoms with Crippen molar-refractivity contribution in [3.63, 3.8) is 0 Å². The summed E-state index contributed by atoms with van der Waals surface area (Å²) in [7, 11) is 0. The lowest BCUT2D eigenvalue weighted by molar-refractivity contribution is -0.0598. The zero-order valence-electron chi connectivity index (χ0n) is 10.9. The average Bonchev–Trinajstić information content (AvgIpc) is 2.40. The van der Waals surface area contributed by atoms with Crippen molar-refractivity contribution < 1.29 is 5.11 Å².